The number of tetrazole rings is 1. The van der Waals surface area contributed by atoms with Crippen LogP contribution in [0.4, 0.5) is 0 Å². The summed E-state index contributed by atoms with van der Waals surface area (Å²) in [6.07, 6.45) is 4.18. The lowest BCUT2D eigenvalue weighted by molar-refractivity contribution is 0.0991. The first-order valence-corrected chi connectivity index (χ1v) is 15.4. The van der Waals surface area contributed by atoms with Crippen LogP contribution in [0.3, 0.4) is 0 Å². The zero-order valence-electron chi connectivity index (χ0n) is 24.4. The fraction of sp³-hybridized carbons (Fsp3) is 0.265. The molecule has 9 heteroatoms. The van der Waals surface area contributed by atoms with Crippen molar-refractivity contribution < 1.29 is 9.84 Å². The molecule has 3 aromatic heterocycles. The first kappa shape index (κ1) is 28.8. The molecule has 0 radical (unpaired) electrons. The fourth-order valence-corrected chi connectivity index (χ4v) is 6.18. The van der Waals surface area contributed by atoms with Crippen LogP contribution in [0.15, 0.2) is 90.4 Å². The molecule has 0 aliphatic carbocycles. The van der Waals surface area contributed by atoms with Crippen LogP contribution in [0.2, 0.25) is 0 Å². The van der Waals surface area contributed by atoms with Crippen molar-refractivity contribution >= 4 is 22.2 Å². The number of hydrogen-bond acceptors (Lipinski definition) is 7. The van der Waals surface area contributed by atoms with E-state index in [4.69, 9.17) is 4.74 Å². The second-order valence-electron chi connectivity index (χ2n) is 11.5. The molecular formula is C34H36N6O2S. The van der Waals surface area contributed by atoms with E-state index in [1.807, 2.05) is 36.4 Å². The van der Waals surface area contributed by atoms with Crippen molar-refractivity contribution in [2.24, 2.45) is 0 Å². The van der Waals surface area contributed by atoms with Crippen LogP contribution in [0.1, 0.15) is 30.5 Å². The number of aliphatic hydroxyl groups excluding tert-OH is 1. The summed E-state index contributed by atoms with van der Waals surface area (Å²) in [4.78, 5) is 4.69. The molecule has 6 rings (SSSR count). The highest BCUT2D eigenvalue weighted by Gasteiger charge is 2.22. The number of β-amino-alcohol motifs (C(OH)–C–C–N with tert-alkyl or cyclic N) is 1. The van der Waals surface area contributed by atoms with Crippen molar-refractivity contribution in [3.05, 3.63) is 107 Å². The number of rotatable bonds is 13. The van der Waals surface area contributed by atoms with Crippen LogP contribution >= 0.6 is 11.3 Å². The van der Waals surface area contributed by atoms with Crippen molar-refractivity contribution in [3.8, 4) is 27.6 Å². The average molecular weight is 593 g/mol. The highest BCUT2D eigenvalue weighted by Crippen LogP contribution is 2.33. The smallest absolute Gasteiger partial charge is 0.204 e. The van der Waals surface area contributed by atoms with Crippen molar-refractivity contribution in [2.45, 2.75) is 44.8 Å². The number of nitrogens with one attached hydrogen (secondary N) is 3. The number of aliphatic hydroxyl groups is 1. The molecular weight excluding hydrogens is 556 g/mol. The van der Waals surface area contributed by atoms with E-state index in [0.717, 1.165) is 41.0 Å². The van der Waals surface area contributed by atoms with Crippen LogP contribution in [-0.4, -0.2) is 55.5 Å². The van der Waals surface area contributed by atoms with Gasteiger partial charge in [-0.1, -0.05) is 60.7 Å². The third-order valence-corrected chi connectivity index (χ3v) is 8.58. The summed E-state index contributed by atoms with van der Waals surface area (Å²) in [6, 6.07) is 27.0. The number of benzene rings is 3. The van der Waals surface area contributed by atoms with Gasteiger partial charge in [0.1, 0.15) is 18.5 Å². The van der Waals surface area contributed by atoms with Crippen LogP contribution < -0.4 is 10.1 Å². The Morgan fingerprint density at radius 2 is 1.81 bits per heavy atom. The number of aromatic amines is 2. The molecule has 43 heavy (non-hydrogen) atoms. The topological polar surface area (TPSA) is 112 Å². The number of hydrogen-bond donors (Lipinski definition) is 4. The molecule has 0 saturated heterocycles. The van der Waals surface area contributed by atoms with E-state index in [1.165, 1.54) is 27.6 Å². The largest absolute Gasteiger partial charge is 0.490 e. The highest BCUT2D eigenvalue weighted by atomic mass is 32.1. The normalized spacial score (nSPS) is 12.5. The second kappa shape index (κ2) is 12.9. The summed E-state index contributed by atoms with van der Waals surface area (Å²) < 4.78 is 6.04. The third-order valence-electron chi connectivity index (χ3n) is 7.68. The van der Waals surface area contributed by atoms with E-state index >= 15 is 0 Å². The first-order valence-electron chi connectivity index (χ1n) is 14.5. The lowest BCUT2D eigenvalue weighted by Crippen LogP contribution is -2.46. The molecule has 0 aliphatic rings. The fourth-order valence-electron chi connectivity index (χ4n) is 5.42. The van der Waals surface area contributed by atoms with E-state index in [1.54, 1.807) is 11.3 Å². The van der Waals surface area contributed by atoms with Crippen molar-refractivity contribution in [1.82, 2.24) is 30.9 Å². The Labute approximate surface area is 255 Å². The number of fused-ring (bicyclic) bond motifs is 1. The van der Waals surface area contributed by atoms with Gasteiger partial charge in [0.2, 0.25) is 5.82 Å². The number of aryl methyl sites for hydroxylation is 2. The Morgan fingerprint density at radius 3 is 2.60 bits per heavy atom. The van der Waals surface area contributed by atoms with E-state index in [2.05, 4.69) is 98.8 Å². The number of para-hydroxylation sites is 2. The van der Waals surface area contributed by atoms with Gasteiger partial charge in [0, 0.05) is 45.2 Å². The van der Waals surface area contributed by atoms with Gasteiger partial charge in [-0.05, 0) is 78.6 Å². The molecule has 4 N–H and O–H groups in total. The molecule has 6 aromatic rings. The second-order valence-corrected chi connectivity index (χ2v) is 12.4. The monoisotopic (exact) mass is 592 g/mol. The van der Waals surface area contributed by atoms with Gasteiger partial charge in [-0.25, -0.2) is 0 Å². The first-order chi connectivity index (χ1) is 20.9. The Bertz CT molecular complexity index is 1740. The standard InChI is InChI=1S/C34H36N6O2S/c1-34(2,36-21-27(41)22-42-30-10-4-3-8-29(30)31-11-6-18-43-31)19-26-20-35-32-24(7-5-9-28(26)32)15-12-23-13-16-25(17-14-23)33-37-39-40-38-33/h3-11,13-14,16-18,20,27,35-36,41H,12,15,19,21-22H2,1-2H3,(H,37,38,39,40)/t27-/m0/s1. The molecule has 8 nitrogen and oxygen atoms in total. The minimum absolute atomic E-state index is 0.221. The predicted octanol–water partition coefficient (Wildman–Crippen LogP) is 6.21. The van der Waals surface area contributed by atoms with E-state index in [-0.39, 0.29) is 12.1 Å². The molecule has 0 aliphatic heterocycles. The molecule has 0 spiro atoms. The summed E-state index contributed by atoms with van der Waals surface area (Å²) in [5.74, 6) is 1.39. The SMILES string of the molecule is CC(C)(Cc1c[nH]c2c(CCc3ccc(-c4nn[nH]n4)cc3)cccc12)NC[C@H](O)COc1ccccc1-c1cccs1. The Morgan fingerprint density at radius 1 is 0.953 bits per heavy atom. The molecule has 0 bridgehead atoms. The van der Waals surface area contributed by atoms with Gasteiger partial charge in [-0.3, -0.25) is 0 Å². The molecule has 0 saturated carbocycles. The maximum Gasteiger partial charge on any atom is 0.204 e. The van der Waals surface area contributed by atoms with Gasteiger partial charge in [-0.2, -0.15) is 5.21 Å². The van der Waals surface area contributed by atoms with Gasteiger partial charge in [0.05, 0.1) is 0 Å². The number of ether oxygens (including phenoxy) is 1. The summed E-state index contributed by atoms with van der Waals surface area (Å²) in [6.45, 7) is 5.01. The number of H-pyrrole nitrogens is 2. The maximum atomic E-state index is 10.7. The zero-order chi connectivity index (χ0) is 29.6. The van der Waals surface area contributed by atoms with Gasteiger partial charge in [0.15, 0.2) is 0 Å². The molecule has 220 valence electrons. The molecule has 1 atom stereocenters. The molecule has 0 amide bonds. The maximum absolute atomic E-state index is 10.7. The van der Waals surface area contributed by atoms with Crippen molar-refractivity contribution in [2.75, 3.05) is 13.2 Å². The Balaban J connectivity index is 1.03. The predicted molar refractivity (Wildman–Crippen MR) is 172 cm³/mol. The summed E-state index contributed by atoms with van der Waals surface area (Å²) in [7, 11) is 0. The third kappa shape index (κ3) is 7.02. The van der Waals surface area contributed by atoms with Crippen LogP contribution in [0.25, 0.3) is 32.7 Å². The molecule has 3 aromatic carbocycles. The van der Waals surface area contributed by atoms with E-state index in [0.29, 0.717) is 12.4 Å². The summed E-state index contributed by atoms with van der Waals surface area (Å²) >= 11 is 1.68. The van der Waals surface area contributed by atoms with Gasteiger partial charge in [0.25, 0.3) is 0 Å². The zero-order valence-corrected chi connectivity index (χ0v) is 25.2. The Kier molecular flexibility index (Phi) is 8.64. The average Bonchev–Trinajstić information content (AvgIpc) is 3.82. The Hall–Kier alpha value is -4.31. The van der Waals surface area contributed by atoms with Gasteiger partial charge in [-0.15, -0.1) is 21.5 Å². The van der Waals surface area contributed by atoms with Crippen LogP contribution in [-0.2, 0) is 19.3 Å². The van der Waals surface area contributed by atoms with Crippen LogP contribution in [0.5, 0.6) is 5.75 Å². The number of thiophene rings is 1. The quantitative estimate of drug-likeness (QED) is 0.127. The van der Waals surface area contributed by atoms with Gasteiger partial charge < -0.3 is 20.1 Å². The number of nitrogens with zero attached hydrogens (tertiary/aromatic N) is 3. The summed E-state index contributed by atoms with van der Waals surface area (Å²) in [5.41, 5.74) is 6.79. The van der Waals surface area contributed by atoms with Crippen molar-refractivity contribution in [1.29, 1.82) is 0 Å². The number of aromatic nitrogens is 5. The van der Waals surface area contributed by atoms with E-state index < -0.39 is 6.10 Å². The van der Waals surface area contributed by atoms with Crippen LogP contribution in [0, 0.1) is 0 Å². The molecule has 3 heterocycles. The molecule has 0 fully saturated rings. The lowest BCUT2D eigenvalue weighted by Gasteiger charge is -2.28. The van der Waals surface area contributed by atoms with Crippen molar-refractivity contribution in [3.63, 3.8) is 0 Å². The van der Waals surface area contributed by atoms with E-state index in [9.17, 15) is 5.11 Å². The summed E-state index contributed by atoms with van der Waals surface area (Å²) in [5, 5.41) is 31.8. The lowest BCUT2D eigenvalue weighted by atomic mass is 9.93. The highest BCUT2D eigenvalue weighted by molar-refractivity contribution is 7.13. The minimum atomic E-state index is -0.633. The minimum Gasteiger partial charge on any atom is -0.490 e. The van der Waals surface area contributed by atoms with Gasteiger partial charge >= 0.3 is 0 Å². The molecule has 0 unspecified atom stereocenters.